The number of amides is 2. The fourth-order valence-corrected chi connectivity index (χ4v) is 5.76. The van der Waals surface area contributed by atoms with Crippen molar-refractivity contribution in [2.45, 2.75) is 45.4 Å². The van der Waals surface area contributed by atoms with Gasteiger partial charge in [0.25, 0.3) is 0 Å². The second-order valence-electron chi connectivity index (χ2n) is 9.44. The summed E-state index contributed by atoms with van der Waals surface area (Å²) in [5, 5.41) is 6.72. The Hall–Kier alpha value is -1.12. The summed E-state index contributed by atoms with van der Waals surface area (Å²) in [6, 6.07) is 0. The van der Waals surface area contributed by atoms with E-state index in [1.807, 2.05) is 0 Å². The van der Waals surface area contributed by atoms with Gasteiger partial charge in [0.1, 0.15) is 0 Å². The van der Waals surface area contributed by atoms with Gasteiger partial charge in [0.2, 0.25) is 11.8 Å². The van der Waals surface area contributed by atoms with Gasteiger partial charge in [-0.3, -0.25) is 19.5 Å². The number of rotatable bonds is 8. The molecule has 1 heterocycles. The van der Waals surface area contributed by atoms with Crippen LogP contribution in [0.25, 0.3) is 0 Å². The quantitative estimate of drug-likeness (QED) is 0.131. The molecule has 6 nitrogen and oxygen atoms in total. The van der Waals surface area contributed by atoms with Crippen LogP contribution >= 0.6 is 24.0 Å². The van der Waals surface area contributed by atoms with Crippen molar-refractivity contribution in [3.8, 4) is 0 Å². The SMILES string of the molecule is CCNC(=NCC1(C2CC2)CC1)NCCCN1C(=O)C2C3C=CC(C3)C2C1=O.I. The minimum atomic E-state index is -0.0773. The third-order valence-electron chi connectivity index (χ3n) is 7.64. The van der Waals surface area contributed by atoms with Crippen LogP contribution < -0.4 is 10.6 Å². The van der Waals surface area contributed by atoms with E-state index in [0.717, 1.165) is 44.4 Å². The number of hydrogen-bond acceptors (Lipinski definition) is 3. The van der Waals surface area contributed by atoms with E-state index in [4.69, 9.17) is 4.99 Å². The number of nitrogens with zero attached hydrogens (tertiary/aromatic N) is 2. The lowest BCUT2D eigenvalue weighted by Crippen LogP contribution is -2.40. The van der Waals surface area contributed by atoms with Gasteiger partial charge in [-0.05, 0) is 68.6 Å². The summed E-state index contributed by atoms with van der Waals surface area (Å²) >= 11 is 0. The molecule has 4 aliphatic carbocycles. The maximum atomic E-state index is 12.7. The summed E-state index contributed by atoms with van der Waals surface area (Å²) in [5.74, 6) is 2.34. The molecule has 160 valence electrons. The molecule has 4 fully saturated rings. The number of hydrogen-bond donors (Lipinski definition) is 2. The van der Waals surface area contributed by atoms with Crippen LogP contribution in [-0.2, 0) is 9.59 Å². The number of aliphatic imine (C=N–C) groups is 1. The number of allylic oxidation sites excluding steroid dienone is 2. The van der Waals surface area contributed by atoms with Crippen LogP contribution in [0.3, 0.4) is 0 Å². The molecule has 2 N–H and O–H groups in total. The molecule has 1 saturated heterocycles. The van der Waals surface area contributed by atoms with Crippen molar-refractivity contribution in [2.24, 2.45) is 40.0 Å². The van der Waals surface area contributed by atoms with Crippen LogP contribution in [0, 0.1) is 35.0 Å². The molecule has 0 spiro atoms. The molecule has 29 heavy (non-hydrogen) atoms. The summed E-state index contributed by atoms with van der Waals surface area (Å²) in [6.45, 7) is 5.08. The molecule has 4 atom stereocenters. The van der Waals surface area contributed by atoms with Crippen LogP contribution in [0.4, 0.5) is 0 Å². The second-order valence-corrected chi connectivity index (χ2v) is 9.44. The van der Waals surface area contributed by atoms with Crippen LogP contribution in [0.5, 0.6) is 0 Å². The largest absolute Gasteiger partial charge is 0.357 e. The minimum Gasteiger partial charge on any atom is -0.357 e. The molecule has 4 unspecified atom stereocenters. The van der Waals surface area contributed by atoms with Gasteiger partial charge in [-0.2, -0.15) is 0 Å². The second kappa shape index (κ2) is 8.19. The summed E-state index contributed by atoms with van der Waals surface area (Å²) < 4.78 is 0. The Balaban J connectivity index is 0.00000205. The molecule has 0 radical (unpaired) electrons. The van der Waals surface area contributed by atoms with Crippen molar-refractivity contribution in [2.75, 3.05) is 26.2 Å². The molecular weight excluding hydrogens is 479 g/mol. The third kappa shape index (κ3) is 3.83. The molecule has 2 bridgehead atoms. The number of imide groups is 1. The number of likely N-dealkylation sites (tertiary alicyclic amines) is 1. The van der Waals surface area contributed by atoms with E-state index in [9.17, 15) is 9.59 Å². The average molecular weight is 512 g/mol. The normalized spacial score (nSPS) is 33.7. The van der Waals surface area contributed by atoms with Crippen LogP contribution in [-0.4, -0.2) is 48.9 Å². The van der Waals surface area contributed by atoms with Gasteiger partial charge in [-0.15, -0.1) is 24.0 Å². The van der Waals surface area contributed by atoms with Gasteiger partial charge >= 0.3 is 0 Å². The summed E-state index contributed by atoms with van der Waals surface area (Å²) in [6.07, 6.45) is 11.5. The first kappa shape index (κ1) is 21.1. The number of carbonyl (C=O) groups is 2. The van der Waals surface area contributed by atoms with E-state index in [0.29, 0.717) is 23.8 Å². The van der Waals surface area contributed by atoms with Crippen molar-refractivity contribution in [1.82, 2.24) is 15.5 Å². The smallest absolute Gasteiger partial charge is 0.233 e. The van der Waals surface area contributed by atoms with Crippen molar-refractivity contribution in [3.05, 3.63) is 12.2 Å². The molecule has 3 saturated carbocycles. The lowest BCUT2D eigenvalue weighted by molar-refractivity contribution is -0.140. The standard InChI is InChI=1S/C22H32N4O2.HI/c1-2-23-21(25-13-22(8-9-22)16-6-7-16)24-10-3-11-26-19(27)17-14-4-5-15(12-14)18(17)20(26)28;/h4-5,14-18H,2-3,6-13H2,1H3,(H2,23,24,25);1H. The first-order valence-electron chi connectivity index (χ1n) is 11.2. The molecule has 0 aromatic carbocycles. The number of fused-ring (bicyclic) bond motifs is 5. The monoisotopic (exact) mass is 512 g/mol. The first-order valence-corrected chi connectivity index (χ1v) is 11.2. The maximum Gasteiger partial charge on any atom is 0.233 e. The van der Waals surface area contributed by atoms with Gasteiger partial charge in [-0.25, -0.2) is 0 Å². The fourth-order valence-electron chi connectivity index (χ4n) is 5.76. The Kier molecular flexibility index (Phi) is 5.97. The molecule has 0 aromatic rings. The van der Waals surface area contributed by atoms with Gasteiger partial charge in [0.05, 0.1) is 11.8 Å². The van der Waals surface area contributed by atoms with Crippen LogP contribution in [0.15, 0.2) is 17.1 Å². The minimum absolute atomic E-state index is 0. The van der Waals surface area contributed by atoms with Crippen molar-refractivity contribution >= 4 is 41.8 Å². The highest BCUT2D eigenvalue weighted by molar-refractivity contribution is 14.0. The highest BCUT2D eigenvalue weighted by Crippen LogP contribution is 2.61. The Bertz CT molecular complexity index is 698. The fraction of sp³-hybridized carbons (Fsp3) is 0.773. The molecule has 1 aliphatic heterocycles. The number of halogens is 1. The molecule has 0 aromatic heterocycles. The Labute approximate surface area is 190 Å². The molecule has 5 aliphatic rings. The molecular formula is C22H33IN4O2. The zero-order chi connectivity index (χ0) is 19.3. The topological polar surface area (TPSA) is 73.8 Å². The number of nitrogens with one attached hydrogen (secondary N) is 2. The van der Waals surface area contributed by atoms with Crippen molar-refractivity contribution in [1.29, 1.82) is 0 Å². The van der Waals surface area contributed by atoms with Crippen LogP contribution in [0.2, 0.25) is 0 Å². The lowest BCUT2D eigenvalue weighted by atomic mass is 9.85. The number of carbonyl (C=O) groups excluding carboxylic acids is 2. The predicted molar refractivity (Wildman–Crippen MR) is 123 cm³/mol. The van der Waals surface area contributed by atoms with E-state index < -0.39 is 0 Å². The summed E-state index contributed by atoms with van der Waals surface area (Å²) in [4.78, 5) is 31.8. The Morgan fingerprint density at radius 3 is 2.34 bits per heavy atom. The van der Waals surface area contributed by atoms with Crippen molar-refractivity contribution in [3.63, 3.8) is 0 Å². The Morgan fingerprint density at radius 2 is 1.79 bits per heavy atom. The van der Waals surface area contributed by atoms with Crippen LogP contribution in [0.1, 0.15) is 45.4 Å². The molecule has 5 rings (SSSR count). The highest BCUT2D eigenvalue weighted by Gasteiger charge is 2.59. The lowest BCUT2D eigenvalue weighted by Gasteiger charge is -2.18. The average Bonchev–Trinajstić information content (AvgIpc) is 3.59. The molecule has 7 heteroatoms. The van der Waals surface area contributed by atoms with E-state index in [1.54, 1.807) is 0 Å². The van der Waals surface area contributed by atoms with E-state index in [1.165, 1.54) is 30.6 Å². The Morgan fingerprint density at radius 1 is 1.14 bits per heavy atom. The van der Waals surface area contributed by atoms with E-state index in [-0.39, 0.29) is 47.6 Å². The predicted octanol–water partition coefficient (Wildman–Crippen LogP) is 2.55. The maximum absolute atomic E-state index is 12.7. The zero-order valence-corrected chi connectivity index (χ0v) is 19.6. The third-order valence-corrected chi connectivity index (χ3v) is 7.64. The highest BCUT2D eigenvalue weighted by atomic mass is 127. The van der Waals surface area contributed by atoms with Gasteiger partial charge in [-0.1, -0.05) is 12.2 Å². The van der Waals surface area contributed by atoms with E-state index >= 15 is 0 Å². The van der Waals surface area contributed by atoms with Gasteiger partial charge < -0.3 is 10.6 Å². The number of guanidine groups is 1. The molecule has 2 amide bonds. The summed E-state index contributed by atoms with van der Waals surface area (Å²) in [7, 11) is 0. The first-order chi connectivity index (χ1) is 13.6. The zero-order valence-electron chi connectivity index (χ0n) is 17.2. The summed E-state index contributed by atoms with van der Waals surface area (Å²) in [5.41, 5.74) is 0.502. The van der Waals surface area contributed by atoms with Crippen molar-refractivity contribution < 1.29 is 9.59 Å². The van der Waals surface area contributed by atoms with Gasteiger partial charge in [0, 0.05) is 26.2 Å². The van der Waals surface area contributed by atoms with Gasteiger partial charge in [0.15, 0.2) is 5.96 Å². The van der Waals surface area contributed by atoms with E-state index in [2.05, 4.69) is 29.7 Å².